The third-order valence-corrected chi connectivity index (χ3v) is 6.51. The Morgan fingerprint density at radius 1 is 1.29 bits per heavy atom. The molecule has 1 spiro atoms. The van der Waals surface area contributed by atoms with E-state index >= 15 is 0 Å². The molecule has 0 unspecified atom stereocenters. The summed E-state index contributed by atoms with van der Waals surface area (Å²) in [6.07, 6.45) is 2.90. The van der Waals surface area contributed by atoms with Crippen molar-refractivity contribution in [3.8, 4) is 0 Å². The van der Waals surface area contributed by atoms with Gasteiger partial charge in [0.25, 0.3) is 5.91 Å². The Labute approximate surface area is 167 Å². The van der Waals surface area contributed by atoms with Gasteiger partial charge in [-0.25, -0.2) is 0 Å². The summed E-state index contributed by atoms with van der Waals surface area (Å²) in [6, 6.07) is 10.4. The molecule has 1 aromatic carbocycles. The smallest absolute Gasteiger partial charge is 0.272 e. The predicted octanol–water partition coefficient (Wildman–Crippen LogP) is 3.19. The van der Waals surface area contributed by atoms with Crippen LogP contribution in [0.5, 0.6) is 0 Å². The van der Waals surface area contributed by atoms with Crippen LogP contribution in [0, 0.1) is 5.92 Å². The van der Waals surface area contributed by atoms with Crippen LogP contribution in [0.15, 0.2) is 30.3 Å². The van der Waals surface area contributed by atoms with Crippen LogP contribution >= 0.6 is 0 Å². The number of carbonyl (C=O) groups is 1. The number of aliphatic hydroxyl groups is 1. The predicted molar refractivity (Wildman–Crippen MR) is 109 cm³/mol. The number of carbonyl (C=O) groups excluding carboxylic acids is 1. The van der Waals surface area contributed by atoms with Crippen LogP contribution in [0.1, 0.15) is 60.9 Å². The van der Waals surface area contributed by atoms with E-state index in [2.05, 4.69) is 37.1 Å². The number of piperidine rings is 1. The lowest BCUT2D eigenvalue weighted by Crippen LogP contribution is -2.49. The van der Waals surface area contributed by atoms with E-state index < -0.39 is 0 Å². The molecule has 28 heavy (non-hydrogen) atoms. The van der Waals surface area contributed by atoms with Crippen molar-refractivity contribution >= 4 is 5.91 Å². The Balaban J connectivity index is 1.52. The number of rotatable bonds is 4. The summed E-state index contributed by atoms with van der Waals surface area (Å²) in [5.74, 6) is 0.585. The van der Waals surface area contributed by atoms with Gasteiger partial charge in [-0.1, -0.05) is 38.1 Å². The first-order chi connectivity index (χ1) is 13.4. The molecule has 0 radical (unpaired) electrons. The van der Waals surface area contributed by atoms with Crippen molar-refractivity contribution in [2.45, 2.75) is 64.5 Å². The van der Waals surface area contributed by atoms with Crippen molar-refractivity contribution in [2.24, 2.45) is 5.92 Å². The number of hydrogen-bond acceptors (Lipinski definition) is 3. The molecule has 1 aromatic heterocycles. The van der Waals surface area contributed by atoms with E-state index in [0.717, 1.165) is 31.4 Å². The number of aliphatic hydroxyl groups excluding tert-OH is 1. The second kappa shape index (κ2) is 7.36. The topological polar surface area (TPSA) is 58.4 Å². The van der Waals surface area contributed by atoms with Crippen molar-refractivity contribution in [3.05, 3.63) is 52.8 Å². The summed E-state index contributed by atoms with van der Waals surface area (Å²) in [4.78, 5) is 15.2. The van der Waals surface area contributed by atoms with Gasteiger partial charge in [0.1, 0.15) is 5.69 Å². The van der Waals surface area contributed by atoms with Gasteiger partial charge >= 0.3 is 0 Å². The van der Waals surface area contributed by atoms with Gasteiger partial charge in [0.05, 0.1) is 11.8 Å². The first kappa shape index (κ1) is 19.2. The molecular formula is C23H31N3O2. The molecule has 1 amide bonds. The van der Waals surface area contributed by atoms with Crippen LogP contribution < -0.4 is 0 Å². The van der Waals surface area contributed by atoms with Crippen LogP contribution in [0.3, 0.4) is 0 Å². The maximum absolute atomic E-state index is 13.2. The summed E-state index contributed by atoms with van der Waals surface area (Å²) < 4.78 is 1.84. The van der Waals surface area contributed by atoms with Crippen LogP contribution in [0.25, 0.3) is 0 Å². The van der Waals surface area contributed by atoms with E-state index in [-0.39, 0.29) is 17.4 Å². The lowest BCUT2D eigenvalue weighted by atomic mass is 9.72. The van der Waals surface area contributed by atoms with E-state index in [0.29, 0.717) is 31.2 Å². The molecule has 2 aromatic rings. The summed E-state index contributed by atoms with van der Waals surface area (Å²) in [5, 5.41) is 15.4. The van der Waals surface area contributed by atoms with Crippen molar-refractivity contribution < 1.29 is 9.90 Å². The van der Waals surface area contributed by atoms with Gasteiger partial charge in [0.2, 0.25) is 0 Å². The molecule has 1 saturated heterocycles. The Kier molecular flexibility index (Phi) is 5.04. The Morgan fingerprint density at radius 3 is 2.68 bits per heavy atom. The summed E-state index contributed by atoms with van der Waals surface area (Å²) in [6.45, 7) is 8.42. The highest BCUT2D eigenvalue weighted by molar-refractivity contribution is 5.92. The average molecular weight is 382 g/mol. The highest BCUT2D eigenvalue weighted by Crippen LogP contribution is 2.46. The Hall–Kier alpha value is -2.14. The van der Waals surface area contributed by atoms with Crippen LogP contribution in [0.2, 0.25) is 0 Å². The van der Waals surface area contributed by atoms with E-state index in [1.54, 1.807) is 0 Å². The number of amides is 1. The van der Waals surface area contributed by atoms with Gasteiger partial charge in [0, 0.05) is 25.0 Å². The fourth-order valence-electron chi connectivity index (χ4n) is 5.04. The largest absolute Gasteiger partial charge is 0.392 e. The maximum Gasteiger partial charge on any atom is 0.272 e. The highest BCUT2D eigenvalue weighted by atomic mass is 16.3. The van der Waals surface area contributed by atoms with Crippen LogP contribution in [-0.2, 0) is 24.8 Å². The molecule has 1 fully saturated rings. The zero-order valence-corrected chi connectivity index (χ0v) is 17.2. The molecule has 1 N–H and O–H groups in total. The molecule has 5 nitrogen and oxygen atoms in total. The maximum atomic E-state index is 13.2. The van der Waals surface area contributed by atoms with Crippen LogP contribution in [-0.4, -0.2) is 44.9 Å². The number of fused-ring (bicyclic) bond motifs is 2. The first-order valence-corrected chi connectivity index (χ1v) is 10.6. The molecule has 2 heterocycles. The number of benzene rings is 1. The minimum Gasteiger partial charge on any atom is -0.392 e. The number of nitrogens with zero attached hydrogens (tertiary/aromatic N) is 3. The molecule has 4 rings (SSSR count). The van der Waals surface area contributed by atoms with Gasteiger partial charge in [-0.15, -0.1) is 0 Å². The first-order valence-electron chi connectivity index (χ1n) is 10.6. The number of aryl methyl sites for hydroxylation is 1. The van der Waals surface area contributed by atoms with E-state index in [1.807, 2.05) is 28.6 Å². The van der Waals surface area contributed by atoms with Crippen molar-refractivity contribution in [2.75, 3.05) is 13.1 Å². The minimum absolute atomic E-state index is 0.0694. The number of hydrogen-bond donors (Lipinski definition) is 1. The summed E-state index contributed by atoms with van der Waals surface area (Å²) >= 11 is 0. The van der Waals surface area contributed by atoms with E-state index in [4.69, 9.17) is 0 Å². The molecule has 1 aliphatic carbocycles. The quantitative estimate of drug-likeness (QED) is 0.885. The lowest BCUT2D eigenvalue weighted by molar-refractivity contribution is 0.0359. The normalized spacial score (nSPS) is 20.8. The fraction of sp³-hybridized carbons (Fsp3) is 0.565. The van der Waals surface area contributed by atoms with Crippen molar-refractivity contribution in [3.63, 3.8) is 0 Å². The molecule has 0 bridgehead atoms. The minimum atomic E-state index is -0.346. The van der Waals surface area contributed by atoms with Gasteiger partial charge < -0.3 is 10.0 Å². The van der Waals surface area contributed by atoms with Gasteiger partial charge in [-0.3, -0.25) is 9.48 Å². The summed E-state index contributed by atoms with van der Waals surface area (Å²) in [5.41, 5.74) is 4.04. The zero-order chi connectivity index (χ0) is 19.9. The summed E-state index contributed by atoms with van der Waals surface area (Å²) in [7, 11) is 0. The third-order valence-electron chi connectivity index (χ3n) is 6.51. The van der Waals surface area contributed by atoms with E-state index in [9.17, 15) is 9.90 Å². The van der Waals surface area contributed by atoms with Gasteiger partial charge in [-0.05, 0) is 55.7 Å². The van der Waals surface area contributed by atoms with Crippen molar-refractivity contribution in [1.82, 2.24) is 14.7 Å². The molecule has 1 aliphatic heterocycles. The molecule has 2 aliphatic rings. The monoisotopic (exact) mass is 381 g/mol. The second-order valence-corrected chi connectivity index (χ2v) is 8.76. The fourth-order valence-corrected chi connectivity index (χ4v) is 5.04. The Morgan fingerprint density at radius 2 is 2.00 bits per heavy atom. The average Bonchev–Trinajstić information content (AvgIpc) is 3.21. The zero-order valence-electron chi connectivity index (χ0n) is 17.2. The number of likely N-dealkylation sites (tertiary alicyclic amines) is 1. The second-order valence-electron chi connectivity index (χ2n) is 8.76. The standard InChI is InChI=1S/C23H31N3O2/c1-4-26-20(15-18(24-26)13-16(2)3)22(28)25-11-9-23(10-12-25)19-8-6-5-7-17(19)14-21(23)27/h5-8,15-16,21,27H,4,9-14H2,1-3H3/t21-/m1/s1. The molecule has 5 heteroatoms. The van der Waals surface area contributed by atoms with Gasteiger partial charge in [-0.2, -0.15) is 5.10 Å². The van der Waals surface area contributed by atoms with Gasteiger partial charge in [0.15, 0.2) is 0 Å². The highest BCUT2D eigenvalue weighted by Gasteiger charge is 2.48. The lowest BCUT2D eigenvalue weighted by Gasteiger charge is -2.42. The van der Waals surface area contributed by atoms with E-state index in [1.165, 1.54) is 11.1 Å². The Bertz CT molecular complexity index is 862. The van der Waals surface area contributed by atoms with Crippen LogP contribution in [0.4, 0.5) is 0 Å². The SMILES string of the molecule is CCn1nc(CC(C)C)cc1C(=O)N1CCC2(CC1)c1ccccc1C[C@H]2O. The molecule has 150 valence electrons. The third kappa shape index (κ3) is 3.16. The molecule has 0 saturated carbocycles. The molecular weight excluding hydrogens is 350 g/mol. The molecule has 1 atom stereocenters. The number of aromatic nitrogens is 2. The van der Waals surface area contributed by atoms with Crippen molar-refractivity contribution in [1.29, 1.82) is 0 Å².